The summed E-state index contributed by atoms with van der Waals surface area (Å²) in [5.74, 6) is 0. The molecule has 0 spiro atoms. The van der Waals surface area contributed by atoms with E-state index in [0.717, 1.165) is 57.8 Å². The Morgan fingerprint density at radius 3 is 1.80 bits per heavy atom. The Bertz CT molecular complexity index is 294. The van der Waals surface area contributed by atoms with Crippen LogP contribution in [0.5, 0.6) is 0 Å². The van der Waals surface area contributed by atoms with Gasteiger partial charge >= 0.3 is 51.4 Å². The van der Waals surface area contributed by atoms with Gasteiger partial charge in [0.2, 0.25) is 0 Å². The summed E-state index contributed by atoms with van der Waals surface area (Å²) in [4.78, 5) is 0. The van der Waals surface area contributed by atoms with E-state index >= 15 is 0 Å². The van der Waals surface area contributed by atoms with Crippen LogP contribution in [0.4, 0.5) is 0 Å². The minimum absolute atomic E-state index is 0. The van der Waals surface area contributed by atoms with Crippen molar-refractivity contribution in [3.05, 3.63) is 0 Å². The molecule has 20 heavy (non-hydrogen) atoms. The van der Waals surface area contributed by atoms with Crippen LogP contribution in [0.25, 0.3) is 0 Å². The second kappa shape index (κ2) is 15.4. The van der Waals surface area contributed by atoms with E-state index in [4.69, 9.17) is 5.11 Å². The quantitative estimate of drug-likeness (QED) is 0.297. The predicted molar refractivity (Wildman–Crippen MR) is 77.0 cm³/mol. The summed E-state index contributed by atoms with van der Waals surface area (Å²) in [5.41, 5.74) is 0. The minimum atomic E-state index is -4.13. The van der Waals surface area contributed by atoms with Crippen molar-refractivity contribution >= 4 is 10.1 Å². The van der Waals surface area contributed by atoms with Gasteiger partial charge in [-0.3, -0.25) is 0 Å². The number of rotatable bonds is 13. The van der Waals surface area contributed by atoms with Crippen molar-refractivity contribution in [2.75, 3.05) is 6.61 Å². The SMILES string of the molecule is CCCCCC(CCCCCCCCO)S(=O)(=O)[O-].[K+]. The Morgan fingerprint density at radius 2 is 1.35 bits per heavy atom. The Labute approximate surface area is 167 Å². The van der Waals surface area contributed by atoms with Crippen molar-refractivity contribution in [3.63, 3.8) is 0 Å². The maximum Gasteiger partial charge on any atom is 1.00 e. The second-order valence-corrected chi connectivity index (χ2v) is 6.90. The molecule has 0 aromatic rings. The summed E-state index contributed by atoms with van der Waals surface area (Å²) >= 11 is 0. The molecule has 116 valence electrons. The van der Waals surface area contributed by atoms with Crippen LogP contribution in [-0.2, 0) is 10.1 Å². The van der Waals surface area contributed by atoms with Crippen molar-refractivity contribution in [3.8, 4) is 0 Å². The van der Waals surface area contributed by atoms with Crippen LogP contribution < -0.4 is 51.4 Å². The van der Waals surface area contributed by atoms with Crippen LogP contribution in [0, 0.1) is 0 Å². The monoisotopic (exact) mass is 332 g/mol. The molecule has 0 aliphatic heterocycles. The molecule has 0 bridgehead atoms. The van der Waals surface area contributed by atoms with Gasteiger partial charge in [-0.2, -0.15) is 0 Å². The Morgan fingerprint density at radius 1 is 0.900 bits per heavy atom. The minimum Gasteiger partial charge on any atom is -0.748 e. The fraction of sp³-hybridized carbons (Fsp3) is 1.00. The summed E-state index contributed by atoms with van der Waals surface area (Å²) in [6, 6.07) is 0. The van der Waals surface area contributed by atoms with Crippen molar-refractivity contribution in [1.82, 2.24) is 0 Å². The first-order chi connectivity index (χ1) is 9.02. The first-order valence-electron chi connectivity index (χ1n) is 7.58. The summed E-state index contributed by atoms with van der Waals surface area (Å²) in [6.45, 7) is 2.31. The van der Waals surface area contributed by atoms with Gasteiger partial charge in [-0.1, -0.05) is 58.3 Å². The van der Waals surface area contributed by atoms with Gasteiger partial charge in [0.15, 0.2) is 0 Å². The smallest absolute Gasteiger partial charge is 0.748 e. The third-order valence-electron chi connectivity index (χ3n) is 3.47. The summed E-state index contributed by atoms with van der Waals surface area (Å²) < 4.78 is 33.4. The molecule has 0 heterocycles. The fourth-order valence-electron chi connectivity index (χ4n) is 2.25. The number of unbranched alkanes of at least 4 members (excludes halogenated alkanes) is 7. The molecule has 4 nitrogen and oxygen atoms in total. The van der Waals surface area contributed by atoms with Crippen molar-refractivity contribution in [1.29, 1.82) is 0 Å². The molecular formula is C14H29KO4S. The Balaban J connectivity index is 0. The van der Waals surface area contributed by atoms with Crippen LogP contribution in [0.1, 0.15) is 77.6 Å². The van der Waals surface area contributed by atoms with Crippen LogP contribution in [0.3, 0.4) is 0 Å². The second-order valence-electron chi connectivity index (χ2n) is 5.24. The van der Waals surface area contributed by atoms with E-state index in [1.165, 1.54) is 0 Å². The van der Waals surface area contributed by atoms with E-state index < -0.39 is 15.4 Å². The average molecular weight is 333 g/mol. The molecule has 0 saturated carbocycles. The van der Waals surface area contributed by atoms with E-state index in [2.05, 4.69) is 6.92 Å². The Kier molecular flexibility index (Phi) is 18.3. The van der Waals surface area contributed by atoms with Gasteiger partial charge in [0.25, 0.3) is 0 Å². The predicted octanol–water partition coefficient (Wildman–Crippen LogP) is 0.208. The number of hydrogen-bond donors (Lipinski definition) is 1. The molecular weight excluding hydrogens is 303 g/mol. The van der Waals surface area contributed by atoms with Crippen molar-refractivity contribution in [2.45, 2.75) is 82.8 Å². The molecule has 1 unspecified atom stereocenters. The van der Waals surface area contributed by atoms with Crippen LogP contribution in [-0.4, -0.2) is 29.9 Å². The molecule has 0 aromatic heterocycles. The third-order valence-corrected chi connectivity index (χ3v) is 4.76. The van der Waals surface area contributed by atoms with E-state index in [1.54, 1.807) is 0 Å². The normalized spacial score (nSPS) is 12.9. The van der Waals surface area contributed by atoms with Gasteiger partial charge in [-0.15, -0.1) is 0 Å². The van der Waals surface area contributed by atoms with E-state index in [1.807, 2.05) is 0 Å². The molecule has 0 aliphatic carbocycles. The molecule has 0 amide bonds. The molecule has 0 rings (SSSR count). The molecule has 0 aliphatic rings. The number of aliphatic hydroxyl groups excluding tert-OH is 1. The zero-order chi connectivity index (χ0) is 14.6. The van der Waals surface area contributed by atoms with Gasteiger partial charge in [0.1, 0.15) is 0 Å². The van der Waals surface area contributed by atoms with Crippen LogP contribution in [0.15, 0.2) is 0 Å². The molecule has 1 N–H and O–H groups in total. The van der Waals surface area contributed by atoms with Gasteiger partial charge < -0.3 is 9.66 Å². The molecule has 0 radical (unpaired) electrons. The zero-order valence-electron chi connectivity index (χ0n) is 13.1. The molecule has 0 saturated heterocycles. The first kappa shape index (κ1) is 23.8. The zero-order valence-corrected chi connectivity index (χ0v) is 17.1. The summed E-state index contributed by atoms with van der Waals surface area (Å²) in [7, 11) is -4.13. The molecule has 0 aromatic carbocycles. The summed E-state index contributed by atoms with van der Waals surface area (Å²) in [5, 5.41) is 7.95. The molecule has 0 fully saturated rings. The van der Waals surface area contributed by atoms with Crippen molar-refractivity contribution < 1.29 is 69.5 Å². The maximum absolute atomic E-state index is 11.1. The van der Waals surface area contributed by atoms with E-state index in [0.29, 0.717) is 12.8 Å². The van der Waals surface area contributed by atoms with Crippen LogP contribution >= 0.6 is 0 Å². The number of hydrogen-bond acceptors (Lipinski definition) is 4. The molecule has 6 heteroatoms. The standard InChI is InChI=1S/C14H30O4S.K/c1-2-3-8-11-14(19(16,17)18)12-9-6-4-5-7-10-13-15;/h14-15H,2-13H2,1H3,(H,16,17,18);/q;+1/p-1. The average Bonchev–Trinajstić information content (AvgIpc) is 2.34. The Hall–Kier alpha value is 1.51. The third kappa shape index (κ3) is 14.4. The van der Waals surface area contributed by atoms with Crippen molar-refractivity contribution in [2.24, 2.45) is 0 Å². The maximum atomic E-state index is 11.1. The topological polar surface area (TPSA) is 77.4 Å². The first-order valence-corrected chi connectivity index (χ1v) is 9.05. The summed E-state index contributed by atoms with van der Waals surface area (Å²) in [6.07, 6.45) is 9.68. The van der Waals surface area contributed by atoms with Crippen LogP contribution in [0.2, 0.25) is 0 Å². The number of aliphatic hydroxyl groups is 1. The van der Waals surface area contributed by atoms with E-state index in [-0.39, 0.29) is 58.0 Å². The van der Waals surface area contributed by atoms with Gasteiger partial charge in [-0.25, -0.2) is 8.42 Å². The molecule has 1 atom stereocenters. The van der Waals surface area contributed by atoms with Gasteiger partial charge in [0.05, 0.1) is 10.1 Å². The van der Waals surface area contributed by atoms with Gasteiger partial charge in [0, 0.05) is 11.9 Å². The largest absolute Gasteiger partial charge is 1.00 e. The van der Waals surface area contributed by atoms with E-state index in [9.17, 15) is 13.0 Å². The van der Waals surface area contributed by atoms with Gasteiger partial charge in [-0.05, 0) is 19.3 Å². The fourth-order valence-corrected chi connectivity index (χ4v) is 3.16.